The standard InChI is InChI=1S/C14H16Cl2F2O3/c1-13(2,6-12(19)20)7-14(17,18)8-4-10(16)11(21-3)5-9(8)15/h4-5H,6-7H2,1-3H3,(H,19,20). The lowest BCUT2D eigenvalue weighted by atomic mass is 9.81. The molecule has 0 unspecified atom stereocenters. The van der Waals surface area contributed by atoms with Crippen LogP contribution in [0.5, 0.6) is 5.75 Å². The molecule has 1 rings (SSSR count). The van der Waals surface area contributed by atoms with Gasteiger partial charge in [0.05, 0.1) is 23.6 Å². The Hall–Kier alpha value is -1.07. The van der Waals surface area contributed by atoms with Gasteiger partial charge >= 0.3 is 5.97 Å². The second-order valence-electron chi connectivity index (χ2n) is 5.58. The van der Waals surface area contributed by atoms with E-state index in [-0.39, 0.29) is 22.2 Å². The predicted octanol–water partition coefficient (Wildman–Crippen LogP) is 4.98. The summed E-state index contributed by atoms with van der Waals surface area (Å²) in [7, 11) is 1.35. The van der Waals surface area contributed by atoms with Crippen molar-refractivity contribution in [2.45, 2.75) is 32.6 Å². The van der Waals surface area contributed by atoms with Gasteiger partial charge in [-0.15, -0.1) is 0 Å². The second-order valence-corrected chi connectivity index (χ2v) is 6.40. The molecule has 0 fully saturated rings. The lowest BCUT2D eigenvalue weighted by Crippen LogP contribution is -2.27. The maximum absolute atomic E-state index is 14.4. The molecule has 21 heavy (non-hydrogen) atoms. The lowest BCUT2D eigenvalue weighted by Gasteiger charge is -2.29. The molecule has 1 aromatic carbocycles. The molecule has 1 aromatic rings. The van der Waals surface area contributed by atoms with Gasteiger partial charge in [-0.05, 0) is 11.5 Å². The van der Waals surface area contributed by atoms with Gasteiger partial charge < -0.3 is 9.84 Å². The summed E-state index contributed by atoms with van der Waals surface area (Å²) in [6.45, 7) is 2.93. The molecule has 0 bridgehead atoms. The fraction of sp³-hybridized carbons (Fsp3) is 0.500. The van der Waals surface area contributed by atoms with Crippen LogP contribution in [-0.4, -0.2) is 18.2 Å². The van der Waals surface area contributed by atoms with E-state index in [0.717, 1.165) is 6.07 Å². The van der Waals surface area contributed by atoms with Crippen molar-refractivity contribution >= 4 is 29.2 Å². The molecule has 3 nitrogen and oxygen atoms in total. The molecule has 0 heterocycles. The summed E-state index contributed by atoms with van der Waals surface area (Å²) in [6.07, 6.45) is -1.03. The average Bonchev–Trinajstić information content (AvgIpc) is 2.27. The highest BCUT2D eigenvalue weighted by molar-refractivity contribution is 6.34. The molecule has 0 amide bonds. The van der Waals surface area contributed by atoms with Gasteiger partial charge in [0.15, 0.2) is 0 Å². The number of carbonyl (C=O) groups is 1. The van der Waals surface area contributed by atoms with E-state index in [1.54, 1.807) is 0 Å². The van der Waals surface area contributed by atoms with Crippen molar-refractivity contribution in [1.29, 1.82) is 0 Å². The van der Waals surface area contributed by atoms with E-state index in [1.807, 2.05) is 0 Å². The van der Waals surface area contributed by atoms with Crippen molar-refractivity contribution in [3.8, 4) is 5.75 Å². The number of rotatable bonds is 6. The van der Waals surface area contributed by atoms with Crippen LogP contribution in [0.25, 0.3) is 0 Å². The maximum Gasteiger partial charge on any atom is 0.303 e. The zero-order valence-corrected chi connectivity index (χ0v) is 13.4. The lowest BCUT2D eigenvalue weighted by molar-refractivity contribution is -0.140. The summed E-state index contributed by atoms with van der Waals surface area (Å²) in [5.41, 5.74) is -1.53. The summed E-state index contributed by atoms with van der Waals surface area (Å²) < 4.78 is 33.7. The van der Waals surface area contributed by atoms with Crippen LogP contribution in [0.3, 0.4) is 0 Å². The Morgan fingerprint density at radius 2 is 1.86 bits per heavy atom. The van der Waals surface area contributed by atoms with Crippen molar-refractivity contribution in [3.05, 3.63) is 27.7 Å². The molecule has 7 heteroatoms. The minimum absolute atomic E-state index is 0.0209. The van der Waals surface area contributed by atoms with Gasteiger partial charge in [0, 0.05) is 18.1 Å². The first-order valence-electron chi connectivity index (χ1n) is 6.11. The smallest absolute Gasteiger partial charge is 0.303 e. The third-order valence-electron chi connectivity index (χ3n) is 2.97. The Balaban J connectivity index is 3.13. The number of carboxylic acid groups (broad SMARTS) is 1. The minimum Gasteiger partial charge on any atom is -0.495 e. The van der Waals surface area contributed by atoms with Crippen LogP contribution >= 0.6 is 23.2 Å². The largest absolute Gasteiger partial charge is 0.495 e. The first kappa shape index (κ1) is 18.0. The van der Waals surface area contributed by atoms with E-state index in [9.17, 15) is 13.6 Å². The maximum atomic E-state index is 14.4. The molecular weight excluding hydrogens is 325 g/mol. The van der Waals surface area contributed by atoms with E-state index >= 15 is 0 Å². The van der Waals surface area contributed by atoms with Crippen LogP contribution in [0.1, 0.15) is 32.3 Å². The highest BCUT2D eigenvalue weighted by Gasteiger charge is 2.41. The van der Waals surface area contributed by atoms with E-state index in [4.69, 9.17) is 33.0 Å². The third-order valence-corrected chi connectivity index (χ3v) is 3.57. The number of halogens is 4. The zero-order valence-electron chi connectivity index (χ0n) is 11.8. The molecule has 0 spiro atoms. The second kappa shape index (κ2) is 6.36. The number of hydrogen-bond acceptors (Lipinski definition) is 2. The number of aliphatic carboxylic acids is 1. The molecule has 0 radical (unpaired) electrons. The summed E-state index contributed by atoms with van der Waals surface area (Å²) in [5, 5.41) is 8.62. The minimum atomic E-state index is -3.30. The van der Waals surface area contributed by atoms with E-state index in [2.05, 4.69) is 0 Å². The number of carboxylic acids is 1. The zero-order chi connectivity index (χ0) is 16.4. The van der Waals surface area contributed by atoms with Gasteiger partial charge in [0.2, 0.25) is 0 Å². The van der Waals surface area contributed by atoms with Gasteiger partial charge in [0.1, 0.15) is 5.75 Å². The quantitative estimate of drug-likeness (QED) is 0.793. The average molecular weight is 341 g/mol. The fourth-order valence-corrected chi connectivity index (χ4v) is 2.67. The van der Waals surface area contributed by atoms with Crippen molar-refractivity contribution in [1.82, 2.24) is 0 Å². The van der Waals surface area contributed by atoms with E-state index in [1.165, 1.54) is 27.0 Å². The molecule has 0 aliphatic carbocycles. The molecule has 0 atom stereocenters. The molecule has 0 aliphatic heterocycles. The topological polar surface area (TPSA) is 46.5 Å². The Kier molecular flexibility index (Phi) is 5.45. The summed E-state index contributed by atoms with van der Waals surface area (Å²) in [4.78, 5) is 10.7. The molecule has 1 N–H and O–H groups in total. The van der Waals surface area contributed by atoms with Crippen molar-refractivity contribution in [2.75, 3.05) is 7.11 Å². The Labute approximate surface area is 131 Å². The normalized spacial score (nSPS) is 12.3. The summed E-state index contributed by atoms with van der Waals surface area (Å²) >= 11 is 11.7. The van der Waals surface area contributed by atoms with Gasteiger partial charge in [-0.2, -0.15) is 0 Å². The molecular formula is C14H16Cl2F2O3. The predicted molar refractivity (Wildman–Crippen MR) is 77.6 cm³/mol. The van der Waals surface area contributed by atoms with E-state index in [0.29, 0.717) is 0 Å². The van der Waals surface area contributed by atoms with E-state index < -0.39 is 29.3 Å². The summed E-state index contributed by atoms with van der Waals surface area (Å²) in [6, 6.07) is 2.27. The van der Waals surface area contributed by atoms with Crippen molar-refractivity contribution in [3.63, 3.8) is 0 Å². The van der Waals surface area contributed by atoms with Crippen LogP contribution < -0.4 is 4.74 Å². The molecule has 0 saturated heterocycles. The Bertz CT molecular complexity index is 545. The van der Waals surface area contributed by atoms with Gasteiger partial charge in [-0.3, -0.25) is 4.79 Å². The number of methoxy groups -OCH3 is 1. The molecule has 0 aliphatic rings. The van der Waals surface area contributed by atoms with Crippen LogP contribution in [0.2, 0.25) is 10.0 Å². The van der Waals surface area contributed by atoms with Crippen molar-refractivity contribution in [2.24, 2.45) is 5.41 Å². The van der Waals surface area contributed by atoms with Crippen LogP contribution in [0.4, 0.5) is 8.78 Å². The first-order valence-corrected chi connectivity index (χ1v) is 6.87. The monoisotopic (exact) mass is 340 g/mol. The summed E-state index contributed by atoms with van der Waals surface area (Å²) in [5.74, 6) is -4.23. The van der Waals surface area contributed by atoms with Gasteiger partial charge in [-0.1, -0.05) is 37.0 Å². The van der Waals surface area contributed by atoms with Crippen molar-refractivity contribution < 1.29 is 23.4 Å². The highest BCUT2D eigenvalue weighted by Crippen LogP contribution is 2.46. The number of benzene rings is 1. The number of hydrogen-bond donors (Lipinski definition) is 1. The Morgan fingerprint density at radius 3 is 2.33 bits per heavy atom. The molecule has 0 aromatic heterocycles. The highest BCUT2D eigenvalue weighted by atomic mass is 35.5. The molecule has 118 valence electrons. The first-order chi connectivity index (χ1) is 9.48. The fourth-order valence-electron chi connectivity index (χ4n) is 2.13. The van der Waals surface area contributed by atoms with Crippen LogP contribution in [0, 0.1) is 5.41 Å². The Morgan fingerprint density at radius 1 is 1.29 bits per heavy atom. The van der Waals surface area contributed by atoms with Crippen LogP contribution in [0.15, 0.2) is 12.1 Å². The van der Waals surface area contributed by atoms with Gasteiger partial charge in [-0.25, -0.2) is 8.78 Å². The number of alkyl halides is 2. The third kappa shape index (κ3) is 4.71. The van der Waals surface area contributed by atoms with Gasteiger partial charge in [0.25, 0.3) is 5.92 Å². The number of ether oxygens (including phenoxy) is 1. The molecule has 0 saturated carbocycles. The SMILES string of the molecule is COc1cc(Cl)c(C(F)(F)CC(C)(C)CC(=O)O)cc1Cl. The van der Waals surface area contributed by atoms with Crippen LogP contribution in [-0.2, 0) is 10.7 Å².